The van der Waals surface area contributed by atoms with Crippen LogP contribution < -0.4 is 19.5 Å². The first-order valence-corrected chi connectivity index (χ1v) is 7.89. The number of fused-ring (bicyclic) bond motifs is 1. The van der Waals surface area contributed by atoms with Crippen LogP contribution >= 0.6 is 0 Å². The summed E-state index contributed by atoms with van der Waals surface area (Å²) < 4.78 is 50.6. The molecular weight excluding hydrogens is 351 g/mol. The van der Waals surface area contributed by atoms with Gasteiger partial charge in [-0.1, -0.05) is 18.2 Å². The van der Waals surface area contributed by atoms with Gasteiger partial charge in [-0.3, -0.25) is 4.79 Å². The molecule has 138 valence electrons. The van der Waals surface area contributed by atoms with Crippen molar-refractivity contribution in [1.29, 1.82) is 0 Å². The molecule has 0 saturated carbocycles. The Morgan fingerprint density at radius 1 is 1.04 bits per heavy atom. The summed E-state index contributed by atoms with van der Waals surface area (Å²) in [6.07, 6.45) is -3.89. The Morgan fingerprint density at radius 3 is 2.46 bits per heavy atom. The molecule has 5 nitrogen and oxygen atoms in total. The number of benzene rings is 2. The maximum absolute atomic E-state index is 12.1. The van der Waals surface area contributed by atoms with Crippen molar-refractivity contribution < 1.29 is 32.2 Å². The van der Waals surface area contributed by atoms with E-state index in [1.54, 1.807) is 6.07 Å². The number of ether oxygens (including phenoxy) is 3. The monoisotopic (exact) mass is 367 g/mol. The van der Waals surface area contributed by atoms with Gasteiger partial charge in [-0.05, 0) is 41.8 Å². The molecule has 0 saturated heterocycles. The van der Waals surface area contributed by atoms with Gasteiger partial charge in [0.1, 0.15) is 5.75 Å². The van der Waals surface area contributed by atoms with Crippen molar-refractivity contribution in [1.82, 2.24) is 5.32 Å². The van der Waals surface area contributed by atoms with E-state index in [0.717, 1.165) is 5.56 Å². The van der Waals surface area contributed by atoms with Gasteiger partial charge in [0.15, 0.2) is 11.5 Å². The van der Waals surface area contributed by atoms with Crippen LogP contribution in [0, 0.1) is 0 Å². The number of halogens is 3. The fourth-order valence-electron chi connectivity index (χ4n) is 2.45. The first-order chi connectivity index (χ1) is 12.4. The van der Waals surface area contributed by atoms with Crippen LogP contribution in [0.4, 0.5) is 13.2 Å². The highest BCUT2D eigenvalue weighted by atomic mass is 19.4. The predicted molar refractivity (Wildman–Crippen MR) is 85.9 cm³/mol. The zero-order chi connectivity index (χ0) is 18.6. The number of carbonyl (C=O) groups excluding carboxylic acids is 1. The summed E-state index contributed by atoms with van der Waals surface area (Å²) in [6, 6.07) is 10.9. The van der Waals surface area contributed by atoms with Crippen LogP contribution in [-0.2, 0) is 17.8 Å². The summed E-state index contributed by atoms with van der Waals surface area (Å²) >= 11 is 0. The van der Waals surface area contributed by atoms with Gasteiger partial charge in [0.05, 0.1) is 0 Å². The van der Waals surface area contributed by atoms with Gasteiger partial charge in [0, 0.05) is 13.0 Å². The summed E-state index contributed by atoms with van der Waals surface area (Å²) in [5, 5.41) is 2.73. The summed E-state index contributed by atoms with van der Waals surface area (Å²) in [4.78, 5) is 11.9. The van der Waals surface area contributed by atoms with E-state index >= 15 is 0 Å². The Hall–Kier alpha value is -2.90. The lowest BCUT2D eigenvalue weighted by Crippen LogP contribution is -2.23. The fraction of sp³-hybridized carbons (Fsp3) is 0.278. The molecule has 0 bridgehead atoms. The molecule has 0 radical (unpaired) electrons. The lowest BCUT2D eigenvalue weighted by atomic mass is 10.1. The van der Waals surface area contributed by atoms with Gasteiger partial charge in [0.25, 0.3) is 0 Å². The highest BCUT2D eigenvalue weighted by Gasteiger charge is 2.30. The van der Waals surface area contributed by atoms with E-state index in [2.05, 4.69) is 10.1 Å². The molecule has 0 aliphatic carbocycles. The number of carbonyl (C=O) groups is 1. The highest BCUT2D eigenvalue weighted by Crippen LogP contribution is 2.32. The zero-order valence-electron chi connectivity index (χ0n) is 13.6. The number of alkyl halides is 3. The number of hydrogen-bond acceptors (Lipinski definition) is 4. The van der Waals surface area contributed by atoms with E-state index in [-0.39, 0.29) is 31.4 Å². The van der Waals surface area contributed by atoms with Gasteiger partial charge < -0.3 is 19.5 Å². The van der Waals surface area contributed by atoms with Gasteiger partial charge in [-0.2, -0.15) is 0 Å². The van der Waals surface area contributed by atoms with Crippen molar-refractivity contribution in [3.8, 4) is 17.2 Å². The standard InChI is InChI=1S/C18H16F3NO4/c19-18(20,21)26-14-5-1-13(2-6-14)10-22-17(23)8-4-12-3-7-15-16(9-12)25-11-24-15/h1-3,5-7,9H,4,8,10-11H2,(H,22,23). The second-order valence-electron chi connectivity index (χ2n) is 5.66. The third-order valence-corrected chi connectivity index (χ3v) is 3.72. The maximum atomic E-state index is 12.1. The van der Waals surface area contributed by atoms with Crippen LogP contribution in [0.2, 0.25) is 0 Å². The molecule has 0 atom stereocenters. The summed E-state index contributed by atoms with van der Waals surface area (Å²) in [6.45, 7) is 0.429. The SMILES string of the molecule is O=C(CCc1ccc2c(c1)OCO2)NCc1ccc(OC(F)(F)F)cc1. The quantitative estimate of drug-likeness (QED) is 0.848. The molecule has 0 unspecified atom stereocenters. The Kier molecular flexibility index (Phi) is 5.20. The first-order valence-electron chi connectivity index (χ1n) is 7.89. The smallest absolute Gasteiger partial charge is 0.454 e. The van der Waals surface area contributed by atoms with E-state index in [9.17, 15) is 18.0 Å². The van der Waals surface area contributed by atoms with E-state index in [0.29, 0.717) is 23.5 Å². The average molecular weight is 367 g/mol. The number of amides is 1. The van der Waals surface area contributed by atoms with Gasteiger partial charge in [-0.25, -0.2) is 0 Å². The van der Waals surface area contributed by atoms with E-state index in [1.807, 2.05) is 12.1 Å². The molecule has 1 N–H and O–H groups in total. The second kappa shape index (κ2) is 7.55. The van der Waals surface area contributed by atoms with Crippen LogP contribution in [0.25, 0.3) is 0 Å². The van der Waals surface area contributed by atoms with Crippen LogP contribution in [0.15, 0.2) is 42.5 Å². The molecule has 0 spiro atoms. The normalized spacial score (nSPS) is 12.7. The van der Waals surface area contributed by atoms with Crippen LogP contribution in [-0.4, -0.2) is 19.1 Å². The molecule has 2 aromatic rings. The molecular formula is C18H16F3NO4. The Bertz CT molecular complexity index is 775. The van der Waals surface area contributed by atoms with Crippen LogP contribution in [0.3, 0.4) is 0 Å². The average Bonchev–Trinajstić information content (AvgIpc) is 3.05. The fourth-order valence-corrected chi connectivity index (χ4v) is 2.45. The number of hydrogen-bond donors (Lipinski definition) is 1. The summed E-state index contributed by atoms with van der Waals surface area (Å²) in [5.74, 6) is 0.911. The van der Waals surface area contributed by atoms with E-state index < -0.39 is 6.36 Å². The van der Waals surface area contributed by atoms with Crippen molar-refractivity contribution in [2.75, 3.05) is 6.79 Å². The van der Waals surface area contributed by atoms with Gasteiger partial charge in [-0.15, -0.1) is 13.2 Å². The predicted octanol–water partition coefficient (Wildman–Crippen LogP) is 3.56. The summed E-state index contributed by atoms with van der Waals surface area (Å²) in [5.41, 5.74) is 1.63. The minimum atomic E-state index is -4.72. The Labute approximate surface area is 147 Å². The van der Waals surface area contributed by atoms with Crippen LogP contribution in [0.1, 0.15) is 17.5 Å². The van der Waals surface area contributed by atoms with E-state index in [4.69, 9.17) is 9.47 Å². The van der Waals surface area contributed by atoms with Crippen molar-refractivity contribution >= 4 is 5.91 Å². The van der Waals surface area contributed by atoms with Gasteiger partial charge >= 0.3 is 6.36 Å². The highest BCUT2D eigenvalue weighted by molar-refractivity contribution is 5.76. The molecule has 1 aliphatic rings. The Morgan fingerprint density at radius 2 is 1.73 bits per heavy atom. The lowest BCUT2D eigenvalue weighted by molar-refractivity contribution is -0.274. The lowest BCUT2D eigenvalue weighted by Gasteiger charge is -2.10. The zero-order valence-corrected chi connectivity index (χ0v) is 13.6. The largest absolute Gasteiger partial charge is 0.573 e. The molecule has 0 fully saturated rings. The van der Waals surface area contributed by atoms with Crippen LogP contribution in [0.5, 0.6) is 17.2 Å². The van der Waals surface area contributed by atoms with E-state index in [1.165, 1.54) is 24.3 Å². The second-order valence-corrected chi connectivity index (χ2v) is 5.66. The first kappa shape index (κ1) is 17.9. The van der Waals surface area contributed by atoms with Crippen molar-refractivity contribution in [2.24, 2.45) is 0 Å². The number of nitrogens with one attached hydrogen (secondary N) is 1. The molecule has 0 aromatic heterocycles. The third kappa shape index (κ3) is 5.05. The summed E-state index contributed by atoms with van der Waals surface area (Å²) in [7, 11) is 0. The minimum absolute atomic E-state index is 0.154. The Balaban J connectivity index is 1.44. The van der Waals surface area contributed by atoms with Crippen molar-refractivity contribution in [3.63, 3.8) is 0 Å². The molecule has 1 amide bonds. The van der Waals surface area contributed by atoms with Crippen molar-refractivity contribution in [3.05, 3.63) is 53.6 Å². The molecule has 2 aromatic carbocycles. The topological polar surface area (TPSA) is 56.8 Å². The van der Waals surface area contributed by atoms with Gasteiger partial charge in [0.2, 0.25) is 12.7 Å². The number of aryl methyl sites for hydroxylation is 1. The molecule has 8 heteroatoms. The molecule has 1 aliphatic heterocycles. The minimum Gasteiger partial charge on any atom is -0.454 e. The van der Waals surface area contributed by atoms with Crippen molar-refractivity contribution in [2.45, 2.75) is 25.7 Å². The molecule has 3 rings (SSSR count). The third-order valence-electron chi connectivity index (χ3n) is 3.72. The maximum Gasteiger partial charge on any atom is 0.573 e. The molecule has 1 heterocycles. The molecule has 26 heavy (non-hydrogen) atoms. The number of rotatable bonds is 6.